The SMILES string of the molecule is CCC(C)NC(=S)S[C@@H]1O[C@H](COC(C)=O)[C@H](OC(C)=O)[C@H](OC(C)=O)[C@H]1OC(C)=O. The minimum Gasteiger partial charge on any atom is -0.463 e. The Balaban J connectivity index is 3.29. The van der Waals surface area contributed by atoms with Crippen LogP contribution >= 0.6 is 24.0 Å². The van der Waals surface area contributed by atoms with Gasteiger partial charge < -0.3 is 29.0 Å². The fraction of sp³-hybridized carbons (Fsp3) is 0.737. The number of ether oxygens (including phenoxy) is 5. The molecule has 10 nitrogen and oxygen atoms in total. The number of carbonyl (C=O) groups is 4. The van der Waals surface area contributed by atoms with Gasteiger partial charge in [-0.1, -0.05) is 30.9 Å². The molecule has 12 heteroatoms. The van der Waals surface area contributed by atoms with Crippen molar-refractivity contribution >= 4 is 52.2 Å². The van der Waals surface area contributed by atoms with E-state index in [2.05, 4.69) is 5.32 Å². The Bertz CT molecular complexity index is 687. The van der Waals surface area contributed by atoms with Crippen LogP contribution in [0.3, 0.4) is 0 Å². The molecule has 1 unspecified atom stereocenters. The van der Waals surface area contributed by atoms with Gasteiger partial charge >= 0.3 is 23.9 Å². The van der Waals surface area contributed by atoms with Crippen molar-refractivity contribution in [1.82, 2.24) is 5.32 Å². The molecule has 0 spiro atoms. The van der Waals surface area contributed by atoms with Crippen LogP contribution in [-0.4, -0.2) is 70.7 Å². The quantitative estimate of drug-likeness (QED) is 0.308. The maximum atomic E-state index is 11.8. The van der Waals surface area contributed by atoms with E-state index < -0.39 is 53.7 Å². The largest absolute Gasteiger partial charge is 0.463 e. The maximum Gasteiger partial charge on any atom is 0.303 e. The minimum absolute atomic E-state index is 0.0886. The van der Waals surface area contributed by atoms with Gasteiger partial charge in [-0.3, -0.25) is 19.2 Å². The lowest BCUT2D eigenvalue weighted by molar-refractivity contribution is -0.237. The van der Waals surface area contributed by atoms with Crippen LogP contribution in [0.1, 0.15) is 48.0 Å². The average molecular weight is 480 g/mol. The summed E-state index contributed by atoms with van der Waals surface area (Å²) in [5.41, 5.74) is -0.926. The summed E-state index contributed by atoms with van der Waals surface area (Å²) in [5, 5.41) is 3.11. The minimum atomic E-state index is -1.21. The molecule has 1 heterocycles. The van der Waals surface area contributed by atoms with E-state index in [-0.39, 0.29) is 12.6 Å². The van der Waals surface area contributed by atoms with Crippen LogP contribution in [0.25, 0.3) is 0 Å². The molecule has 0 aromatic rings. The van der Waals surface area contributed by atoms with E-state index in [0.717, 1.165) is 18.2 Å². The van der Waals surface area contributed by atoms with E-state index in [1.807, 2.05) is 13.8 Å². The third-order valence-electron chi connectivity index (χ3n) is 4.15. The molecule has 31 heavy (non-hydrogen) atoms. The topological polar surface area (TPSA) is 126 Å². The molecule has 0 amide bonds. The van der Waals surface area contributed by atoms with Crippen molar-refractivity contribution in [3.05, 3.63) is 0 Å². The van der Waals surface area contributed by atoms with Gasteiger partial charge in [0.1, 0.15) is 17.0 Å². The number of rotatable bonds is 8. The van der Waals surface area contributed by atoms with Crippen LogP contribution in [0, 0.1) is 0 Å². The first kappa shape index (κ1) is 27.1. The van der Waals surface area contributed by atoms with Crippen LogP contribution < -0.4 is 5.32 Å². The second-order valence-corrected chi connectivity index (χ2v) is 8.70. The molecule has 6 atom stereocenters. The Hall–Kier alpha value is -1.92. The van der Waals surface area contributed by atoms with Gasteiger partial charge in [-0.2, -0.15) is 0 Å². The summed E-state index contributed by atoms with van der Waals surface area (Å²) in [4.78, 5) is 46.6. The van der Waals surface area contributed by atoms with Crippen LogP contribution in [0.5, 0.6) is 0 Å². The van der Waals surface area contributed by atoms with Crippen molar-refractivity contribution in [2.45, 2.75) is 83.9 Å². The van der Waals surface area contributed by atoms with Gasteiger partial charge in [-0.05, 0) is 13.3 Å². The van der Waals surface area contributed by atoms with Crippen molar-refractivity contribution in [1.29, 1.82) is 0 Å². The van der Waals surface area contributed by atoms with Gasteiger partial charge in [0.15, 0.2) is 23.7 Å². The summed E-state index contributed by atoms with van der Waals surface area (Å²) in [7, 11) is 0. The number of thiocarbonyl (C=S) groups is 1. The lowest BCUT2D eigenvalue weighted by Crippen LogP contribution is -2.61. The smallest absolute Gasteiger partial charge is 0.303 e. The third-order valence-corrected chi connectivity index (χ3v) is 5.50. The zero-order valence-electron chi connectivity index (χ0n) is 18.4. The Morgan fingerprint density at radius 3 is 1.94 bits per heavy atom. The molecule has 1 fully saturated rings. The molecule has 0 saturated carbocycles. The molecule has 176 valence electrons. The zero-order valence-corrected chi connectivity index (χ0v) is 20.0. The Morgan fingerprint density at radius 1 is 0.935 bits per heavy atom. The van der Waals surface area contributed by atoms with E-state index in [1.165, 1.54) is 27.7 Å². The lowest BCUT2D eigenvalue weighted by atomic mass is 9.99. The maximum absolute atomic E-state index is 11.8. The second-order valence-electron chi connectivity index (χ2n) is 6.93. The van der Waals surface area contributed by atoms with Gasteiger partial charge in [0.25, 0.3) is 0 Å². The fourth-order valence-electron chi connectivity index (χ4n) is 2.73. The van der Waals surface area contributed by atoms with Gasteiger partial charge in [0, 0.05) is 33.7 Å². The lowest BCUT2D eigenvalue weighted by Gasteiger charge is -2.44. The molecule has 0 bridgehead atoms. The average Bonchev–Trinajstić information content (AvgIpc) is 2.63. The van der Waals surface area contributed by atoms with Crippen LogP contribution in [0.15, 0.2) is 0 Å². The summed E-state index contributed by atoms with van der Waals surface area (Å²) < 4.78 is 27.5. The summed E-state index contributed by atoms with van der Waals surface area (Å²) >= 11 is 6.42. The molecule has 1 aliphatic rings. The molecule has 1 saturated heterocycles. The normalized spacial score (nSPS) is 26.2. The number of esters is 4. The monoisotopic (exact) mass is 479 g/mol. The third kappa shape index (κ3) is 9.40. The van der Waals surface area contributed by atoms with Crippen LogP contribution in [-0.2, 0) is 42.9 Å². The molecule has 1 rings (SSSR count). The van der Waals surface area contributed by atoms with Crippen molar-refractivity contribution in [2.75, 3.05) is 6.61 Å². The molecule has 0 radical (unpaired) electrons. The number of hydrogen-bond donors (Lipinski definition) is 1. The molecular formula is C19H29NO9S2. The highest BCUT2D eigenvalue weighted by Crippen LogP contribution is 2.34. The molecule has 1 N–H and O–H groups in total. The summed E-state index contributed by atoms with van der Waals surface area (Å²) in [6, 6.07) is 0.0886. The van der Waals surface area contributed by atoms with Gasteiger partial charge in [-0.15, -0.1) is 0 Å². The van der Waals surface area contributed by atoms with Gasteiger partial charge in [-0.25, -0.2) is 0 Å². The van der Waals surface area contributed by atoms with Gasteiger partial charge in [0.05, 0.1) is 0 Å². The van der Waals surface area contributed by atoms with E-state index in [1.54, 1.807) is 0 Å². The van der Waals surface area contributed by atoms with Crippen molar-refractivity contribution in [3.8, 4) is 0 Å². The van der Waals surface area contributed by atoms with Crippen molar-refractivity contribution in [2.24, 2.45) is 0 Å². The predicted molar refractivity (Wildman–Crippen MR) is 115 cm³/mol. The highest BCUT2D eigenvalue weighted by molar-refractivity contribution is 8.23. The first-order chi connectivity index (χ1) is 14.4. The molecular weight excluding hydrogens is 450 g/mol. The summed E-state index contributed by atoms with van der Waals surface area (Å²) in [6.07, 6.45) is -3.70. The highest BCUT2D eigenvalue weighted by atomic mass is 32.2. The molecule has 0 aromatic carbocycles. The number of nitrogens with one attached hydrogen (secondary N) is 1. The molecule has 0 aromatic heterocycles. The number of thioether (sulfide) groups is 1. The number of carbonyl (C=O) groups excluding carboxylic acids is 4. The first-order valence-electron chi connectivity index (χ1n) is 9.72. The van der Waals surface area contributed by atoms with E-state index in [0.29, 0.717) is 4.32 Å². The standard InChI is InChI=1S/C19H29NO9S2/c1-7-9(2)20-19(30)31-18-17(28-13(6)24)16(27-12(5)23)15(26-11(4)22)14(29-18)8-25-10(3)21/h9,14-18H,7-8H2,1-6H3,(H,20,30)/t9?,14-,15+,16+,17-,18+/m1/s1. The summed E-state index contributed by atoms with van der Waals surface area (Å²) in [5.74, 6) is -2.59. The second kappa shape index (κ2) is 12.8. The highest BCUT2D eigenvalue weighted by Gasteiger charge is 2.52. The van der Waals surface area contributed by atoms with E-state index in [4.69, 9.17) is 35.9 Å². The Kier molecular flexibility index (Phi) is 11.2. The fourth-order valence-corrected chi connectivity index (χ4v) is 4.24. The van der Waals surface area contributed by atoms with Gasteiger partial charge in [0.2, 0.25) is 0 Å². The first-order valence-corrected chi connectivity index (χ1v) is 11.0. The zero-order chi connectivity index (χ0) is 23.7. The van der Waals surface area contributed by atoms with Crippen molar-refractivity contribution in [3.63, 3.8) is 0 Å². The summed E-state index contributed by atoms with van der Waals surface area (Å²) in [6.45, 7) is 8.39. The molecule has 0 aliphatic carbocycles. The predicted octanol–water partition coefficient (Wildman–Crippen LogP) is 1.48. The molecule has 1 aliphatic heterocycles. The van der Waals surface area contributed by atoms with E-state index in [9.17, 15) is 19.2 Å². The number of hydrogen-bond acceptors (Lipinski definition) is 11. The van der Waals surface area contributed by atoms with Crippen LogP contribution in [0.2, 0.25) is 0 Å². The van der Waals surface area contributed by atoms with Crippen molar-refractivity contribution < 1.29 is 42.9 Å². The Labute approximate surface area is 191 Å². The van der Waals surface area contributed by atoms with Crippen LogP contribution in [0.4, 0.5) is 0 Å². The Morgan fingerprint density at radius 2 is 1.45 bits per heavy atom. The van der Waals surface area contributed by atoms with E-state index >= 15 is 0 Å².